The van der Waals surface area contributed by atoms with Crippen molar-refractivity contribution in [2.45, 2.75) is 0 Å². The molecule has 1 aromatic heterocycles. The van der Waals surface area contributed by atoms with Gasteiger partial charge in [0.15, 0.2) is 5.76 Å². The van der Waals surface area contributed by atoms with E-state index in [0.29, 0.717) is 26.3 Å². The van der Waals surface area contributed by atoms with E-state index in [1.54, 1.807) is 6.07 Å². The van der Waals surface area contributed by atoms with Gasteiger partial charge in [0.1, 0.15) is 0 Å². The lowest BCUT2D eigenvalue weighted by molar-refractivity contribution is -0.130. The van der Waals surface area contributed by atoms with Crippen molar-refractivity contribution in [3.05, 3.63) is 24.2 Å². The molecule has 0 atom stereocenters. The zero-order chi connectivity index (χ0) is 10.7. The Hall–Kier alpha value is -1.62. The van der Waals surface area contributed by atoms with Crippen molar-refractivity contribution in [1.82, 2.24) is 4.90 Å². The second-order valence-electron chi connectivity index (χ2n) is 3.21. The highest BCUT2D eigenvalue weighted by molar-refractivity contribution is 6.41. The number of nitrogens with zero attached hydrogens (tertiary/aromatic N) is 1. The molecule has 1 fully saturated rings. The van der Waals surface area contributed by atoms with Gasteiger partial charge in [0.2, 0.25) is 0 Å². The van der Waals surface area contributed by atoms with Gasteiger partial charge < -0.3 is 14.1 Å². The third kappa shape index (κ3) is 2.07. The Labute approximate surface area is 86.6 Å². The van der Waals surface area contributed by atoms with Crippen molar-refractivity contribution in [3.63, 3.8) is 0 Å². The van der Waals surface area contributed by atoms with Gasteiger partial charge in [0.25, 0.3) is 11.7 Å². The molecular weight excluding hydrogens is 198 g/mol. The first-order chi connectivity index (χ1) is 7.29. The van der Waals surface area contributed by atoms with E-state index in [1.165, 1.54) is 17.2 Å². The maximum absolute atomic E-state index is 11.7. The summed E-state index contributed by atoms with van der Waals surface area (Å²) < 4.78 is 9.97. The summed E-state index contributed by atoms with van der Waals surface area (Å²) in [6.07, 6.45) is 1.37. The van der Waals surface area contributed by atoms with Crippen LogP contribution in [-0.4, -0.2) is 42.9 Å². The summed E-state index contributed by atoms with van der Waals surface area (Å²) in [7, 11) is 0. The van der Waals surface area contributed by atoms with Crippen LogP contribution in [0.2, 0.25) is 0 Å². The Bertz CT molecular complexity index is 352. The second kappa shape index (κ2) is 4.27. The molecule has 1 aliphatic rings. The van der Waals surface area contributed by atoms with Crippen LogP contribution in [0.5, 0.6) is 0 Å². The lowest BCUT2D eigenvalue weighted by atomic mass is 10.2. The van der Waals surface area contributed by atoms with E-state index in [2.05, 4.69) is 0 Å². The molecular formula is C10H11NO4. The predicted octanol–water partition coefficient (Wildman–Crippen LogP) is 0.321. The summed E-state index contributed by atoms with van der Waals surface area (Å²) in [5.41, 5.74) is 0. The summed E-state index contributed by atoms with van der Waals surface area (Å²) in [6.45, 7) is 1.89. The molecule has 0 saturated carbocycles. The molecule has 2 rings (SSSR count). The van der Waals surface area contributed by atoms with Crippen LogP contribution in [-0.2, 0) is 9.53 Å². The van der Waals surface area contributed by atoms with E-state index in [9.17, 15) is 9.59 Å². The molecule has 15 heavy (non-hydrogen) atoms. The SMILES string of the molecule is O=C(C(=O)N1CCOCC1)c1ccco1. The molecule has 0 aliphatic carbocycles. The van der Waals surface area contributed by atoms with Gasteiger partial charge in [0, 0.05) is 13.1 Å². The molecule has 0 aromatic carbocycles. The fraction of sp³-hybridized carbons (Fsp3) is 0.400. The number of ether oxygens (including phenoxy) is 1. The largest absolute Gasteiger partial charge is 0.461 e. The van der Waals surface area contributed by atoms with E-state index in [0.717, 1.165) is 0 Å². The maximum atomic E-state index is 11.7. The molecule has 2 heterocycles. The van der Waals surface area contributed by atoms with Gasteiger partial charge in [-0.15, -0.1) is 0 Å². The Balaban J connectivity index is 2.04. The Morgan fingerprint density at radius 3 is 2.60 bits per heavy atom. The topological polar surface area (TPSA) is 59.8 Å². The monoisotopic (exact) mass is 209 g/mol. The minimum Gasteiger partial charge on any atom is -0.461 e. The third-order valence-electron chi connectivity index (χ3n) is 2.24. The summed E-state index contributed by atoms with van der Waals surface area (Å²) in [6, 6.07) is 3.07. The van der Waals surface area contributed by atoms with Crippen LogP contribution in [0.1, 0.15) is 10.6 Å². The average molecular weight is 209 g/mol. The van der Waals surface area contributed by atoms with Gasteiger partial charge in [-0.3, -0.25) is 9.59 Å². The number of ketones is 1. The highest BCUT2D eigenvalue weighted by atomic mass is 16.5. The number of rotatable bonds is 2. The van der Waals surface area contributed by atoms with Gasteiger partial charge in [0.05, 0.1) is 19.5 Å². The van der Waals surface area contributed by atoms with Crippen molar-refractivity contribution in [3.8, 4) is 0 Å². The number of Topliss-reactive ketones (excluding diaryl/α,β-unsaturated/α-hetero) is 1. The first kappa shape index (κ1) is 9.92. The fourth-order valence-electron chi connectivity index (χ4n) is 1.42. The molecule has 1 aromatic rings. The molecule has 5 heteroatoms. The lowest BCUT2D eigenvalue weighted by Crippen LogP contribution is -2.44. The molecule has 0 N–H and O–H groups in total. The van der Waals surface area contributed by atoms with Crippen molar-refractivity contribution >= 4 is 11.7 Å². The van der Waals surface area contributed by atoms with Crippen molar-refractivity contribution < 1.29 is 18.7 Å². The molecule has 5 nitrogen and oxygen atoms in total. The van der Waals surface area contributed by atoms with E-state index < -0.39 is 11.7 Å². The minimum atomic E-state index is -0.595. The number of carbonyl (C=O) groups excluding carboxylic acids is 2. The Kier molecular flexibility index (Phi) is 2.82. The minimum absolute atomic E-state index is 0.0893. The van der Waals surface area contributed by atoms with E-state index >= 15 is 0 Å². The Morgan fingerprint density at radius 2 is 2.00 bits per heavy atom. The number of amides is 1. The van der Waals surface area contributed by atoms with E-state index in [-0.39, 0.29) is 5.76 Å². The number of furan rings is 1. The van der Waals surface area contributed by atoms with Crippen LogP contribution in [0.3, 0.4) is 0 Å². The molecule has 0 bridgehead atoms. The predicted molar refractivity (Wildman–Crippen MR) is 50.4 cm³/mol. The number of morpholine rings is 1. The normalized spacial score (nSPS) is 16.4. The van der Waals surface area contributed by atoms with Gasteiger partial charge in [-0.1, -0.05) is 0 Å². The van der Waals surface area contributed by atoms with Gasteiger partial charge in [-0.25, -0.2) is 0 Å². The van der Waals surface area contributed by atoms with Crippen LogP contribution in [0, 0.1) is 0 Å². The van der Waals surface area contributed by atoms with Crippen molar-refractivity contribution in [2.24, 2.45) is 0 Å². The smallest absolute Gasteiger partial charge is 0.298 e. The van der Waals surface area contributed by atoms with Gasteiger partial charge in [-0.2, -0.15) is 0 Å². The molecule has 1 aliphatic heterocycles. The lowest BCUT2D eigenvalue weighted by Gasteiger charge is -2.25. The first-order valence-electron chi connectivity index (χ1n) is 4.74. The Morgan fingerprint density at radius 1 is 1.27 bits per heavy atom. The summed E-state index contributed by atoms with van der Waals surface area (Å²) in [5.74, 6) is -1.03. The number of carbonyl (C=O) groups is 2. The first-order valence-corrected chi connectivity index (χ1v) is 4.74. The quantitative estimate of drug-likeness (QED) is 0.520. The fourth-order valence-corrected chi connectivity index (χ4v) is 1.42. The highest BCUT2D eigenvalue weighted by Crippen LogP contribution is 2.06. The molecule has 1 amide bonds. The van der Waals surface area contributed by atoms with Crippen LogP contribution in [0.4, 0.5) is 0 Å². The number of hydrogen-bond donors (Lipinski definition) is 0. The van der Waals surface area contributed by atoms with E-state index in [4.69, 9.17) is 9.15 Å². The number of hydrogen-bond acceptors (Lipinski definition) is 4. The van der Waals surface area contributed by atoms with Gasteiger partial charge >= 0.3 is 0 Å². The zero-order valence-electron chi connectivity index (χ0n) is 8.14. The van der Waals surface area contributed by atoms with E-state index in [1.807, 2.05) is 0 Å². The molecule has 80 valence electrons. The molecule has 0 radical (unpaired) electrons. The maximum Gasteiger partial charge on any atom is 0.298 e. The summed E-state index contributed by atoms with van der Waals surface area (Å²) in [4.78, 5) is 24.7. The van der Waals surface area contributed by atoms with Crippen LogP contribution < -0.4 is 0 Å². The third-order valence-corrected chi connectivity index (χ3v) is 2.24. The highest BCUT2D eigenvalue weighted by Gasteiger charge is 2.26. The van der Waals surface area contributed by atoms with Crippen LogP contribution in [0.25, 0.3) is 0 Å². The van der Waals surface area contributed by atoms with Crippen LogP contribution in [0.15, 0.2) is 22.8 Å². The van der Waals surface area contributed by atoms with Gasteiger partial charge in [-0.05, 0) is 12.1 Å². The average Bonchev–Trinajstić information content (AvgIpc) is 2.82. The molecule has 1 saturated heterocycles. The summed E-state index contributed by atoms with van der Waals surface area (Å²) in [5, 5.41) is 0. The standard InChI is InChI=1S/C10H11NO4/c12-9(8-2-1-5-15-8)10(13)11-3-6-14-7-4-11/h1-2,5H,3-4,6-7H2. The summed E-state index contributed by atoms with van der Waals surface area (Å²) >= 11 is 0. The second-order valence-corrected chi connectivity index (χ2v) is 3.21. The molecule has 0 spiro atoms. The van der Waals surface area contributed by atoms with Crippen molar-refractivity contribution in [2.75, 3.05) is 26.3 Å². The van der Waals surface area contributed by atoms with Crippen molar-refractivity contribution in [1.29, 1.82) is 0 Å². The molecule has 0 unspecified atom stereocenters. The zero-order valence-corrected chi connectivity index (χ0v) is 8.14. The van der Waals surface area contributed by atoms with Crippen LogP contribution >= 0.6 is 0 Å².